The van der Waals surface area contributed by atoms with Crippen LogP contribution >= 0.6 is 11.8 Å². The standard InChI is InChI=1S/C24H18N2O3S/c27-20(17-10-11-21-22(14-17)29-13-12-28-21)15-30-24-19-9-5-4-8-18(19)23(25-26-24)16-6-2-1-3-7-16/h1-11,14H,12-13,15H2. The predicted molar refractivity (Wildman–Crippen MR) is 117 cm³/mol. The summed E-state index contributed by atoms with van der Waals surface area (Å²) < 4.78 is 11.1. The van der Waals surface area contributed by atoms with Crippen LogP contribution in [0.4, 0.5) is 0 Å². The topological polar surface area (TPSA) is 61.3 Å². The summed E-state index contributed by atoms with van der Waals surface area (Å²) in [6, 6.07) is 23.3. The van der Waals surface area contributed by atoms with E-state index in [1.165, 1.54) is 11.8 Å². The molecule has 0 bridgehead atoms. The Balaban J connectivity index is 1.40. The maximum Gasteiger partial charge on any atom is 0.173 e. The van der Waals surface area contributed by atoms with Crippen LogP contribution in [0.3, 0.4) is 0 Å². The Kier molecular flexibility index (Phi) is 5.07. The van der Waals surface area contributed by atoms with E-state index in [4.69, 9.17) is 9.47 Å². The summed E-state index contributed by atoms with van der Waals surface area (Å²) >= 11 is 1.40. The lowest BCUT2D eigenvalue weighted by Crippen LogP contribution is -2.16. The Morgan fingerprint density at radius 3 is 2.40 bits per heavy atom. The van der Waals surface area contributed by atoms with Crippen LogP contribution < -0.4 is 9.47 Å². The van der Waals surface area contributed by atoms with Gasteiger partial charge in [-0.05, 0) is 18.2 Å². The van der Waals surface area contributed by atoms with Gasteiger partial charge >= 0.3 is 0 Å². The van der Waals surface area contributed by atoms with Crippen LogP contribution in [0.25, 0.3) is 22.0 Å². The van der Waals surface area contributed by atoms with Gasteiger partial charge in [0.1, 0.15) is 23.9 Å². The Labute approximate surface area is 178 Å². The van der Waals surface area contributed by atoms with E-state index in [1.807, 2.05) is 54.6 Å². The van der Waals surface area contributed by atoms with Crippen LogP contribution in [0, 0.1) is 0 Å². The van der Waals surface area contributed by atoms with Crippen LogP contribution in [0.2, 0.25) is 0 Å². The normalized spacial score (nSPS) is 12.7. The molecule has 5 rings (SSSR count). The Hall–Kier alpha value is -3.38. The summed E-state index contributed by atoms with van der Waals surface area (Å²) in [6.45, 7) is 1.02. The van der Waals surface area contributed by atoms with Crippen molar-refractivity contribution in [2.24, 2.45) is 0 Å². The first-order valence-electron chi connectivity index (χ1n) is 9.66. The van der Waals surface area contributed by atoms with Gasteiger partial charge in [0, 0.05) is 21.9 Å². The summed E-state index contributed by atoms with van der Waals surface area (Å²) in [5, 5.41) is 11.7. The van der Waals surface area contributed by atoms with Gasteiger partial charge in [0.05, 0.1) is 5.75 Å². The van der Waals surface area contributed by atoms with Gasteiger partial charge in [-0.25, -0.2) is 0 Å². The quantitative estimate of drug-likeness (QED) is 0.337. The number of Topliss-reactive ketones (excluding diaryl/α,β-unsaturated/α-hetero) is 1. The molecule has 0 amide bonds. The van der Waals surface area contributed by atoms with Gasteiger partial charge in [0.2, 0.25) is 0 Å². The zero-order valence-electron chi connectivity index (χ0n) is 16.1. The third-order valence-corrected chi connectivity index (χ3v) is 5.89. The third kappa shape index (κ3) is 3.62. The molecule has 148 valence electrons. The molecule has 0 saturated heterocycles. The Morgan fingerprint density at radius 2 is 1.57 bits per heavy atom. The van der Waals surface area contributed by atoms with Crippen LogP contribution in [0.1, 0.15) is 10.4 Å². The minimum Gasteiger partial charge on any atom is -0.486 e. The number of benzene rings is 3. The zero-order chi connectivity index (χ0) is 20.3. The van der Waals surface area contributed by atoms with E-state index in [-0.39, 0.29) is 11.5 Å². The number of hydrogen-bond donors (Lipinski definition) is 0. The van der Waals surface area contributed by atoms with Crippen LogP contribution in [0.5, 0.6) is 11.5 Å². The van der Waals surface area contributed by atoms with Crippen molar-refractivity contribution in [1.82, 2.24) is 10.2 Å². The van der Waals surface area contributed by atoms with E-state index in [9.17, 15) is 4.79 Å². The highest BCUT2D eigenvalue weighted by Crippen LogP contribution is 2.33. The molecule has 0 radical (unpaired) electrons. The van der Waals surface area contributed by atoms with Crippen molar-refractivity contribution in [3.63, 3.8) is 0 Å². The van der Waals surface area contributed by atoms with Gasteiger partial charge in [0.15, 0.2) is 17.3 Å². The number of hydrogen-bond acceptors (Lipinski definition) is 6. The second-order valence-corrected chi connectivity index (χ2v) is 7.80. The van der Waals surface area contributed by atoms with Gasteiger partial charge < -0.3 is 9.47 Å². The first-order valence-corrected chi connectivity index (χ1v) is 10.6. The number of carbonyl (C=O) groups is 1. The number of aromatic nitrogens is 2. The van der Waals surface area contributed by atoms with Gasteiger partial charge in [-0.2, -0.15) is 0 Å². The Bertz CT molecular complexity index is 1230. The van der Waals surface area contributed by atoms with E-state index in [0.717, 1.165) is 27.1 Å². The molecule has 2 heterocycles. The lowest BCUT2D eigenvalue weighted by Gasteiger charge is -2.18. The zero-order valence-corrected chi connectivity index (χ0v) is 16.9. The second-order valence-electron chi connectivity index (χ2n) is 6.84. The molecule has 0 unspecified atom stereocenters. The minimum atomic E-state index is 0.00925. The van der Waals surface area contributed by atoms with Gasteiger partial charge in [0.25, 0.3) is 0 Å². The van der Waals surface area contributed by atoms with Crippen molar-refractivity contribution in [2.45, 2.75) is 5.03 Å². The maximum absolute atomic E-state index is 12.8. The molecule has 3 aromatic carbocycles. The van der Waals surface area contributed by atoms with Crippen molar-refractivity contribution >= 4 is 28.3 Å². The molecule has 0 N–H and O–H groups in total. The molecule has 1 aromatic heterocycles. The number of fused-ring (bicyclic) bond motifs is 2. The summed E-state index contributed by atoms with van der Waals surface area (Å²) in [4.78, 5) is 12.8. The minimum absolute atomic E-state index is 0.00925. The van der Waals surface area contributed by atoms with E-state index in [2.05, 4.69) is 10.2 Å². The molecule has 0 atom stereocenters. The molecule has 4 aromatic rings. The predicted octanol–water partition coefficient (Wildman–Crippen LogP) is 5.04. The largest absolute Gasteiger partial charge is 0.486 e. The van der Waals surface area contributed by atoms with Gasteiger partial charge in [-0.15, -0.1) is 10.2 Å². The summed E-state index contributed by atoms with van der Waals surface area (Å²) in [7, 11) is 0. The molecule has 30 heavy (non-hydrogen) atoms. The molecule has 0 saturated carbocycles. The van der Waals surface area contributed by atoms with Crippen molar-refractivity contribution in [3.05, 3.63) is 78.4 Å². The molecular formula is C24H18N2O3S. The van der Waals surface area contributed by atoms with Crippen molar-refractivity contribution in [1.29, 1.82) is 0 Å². The van der Waals surface area contributed by atoms with E-state index in [0.29, 0.717) is 30.3 Å². The van der Waals surface area contributed by atoms with E-state index >= 15 is 0 Å². The highest BCUT2D eigenvalue weighted by atomic mass is 32.2. The lowest BCUT2D eigenvalue weighted by molar-refractivity contribution is 0.102. The summed E-state index contributed by atoms with van der Waals surface area (Å²) in [6.07, 6.45) is 0. The van der Waals surface area contributed by atoms with Gasteiger partial charge in [-0.1, -0.05) is 66.4 Å². The molecule has 0 aliphatic carbocycles. The Morgan fingerprint density at radius 1 is 0.833 bits per heavy atom. The van der Waals surface area contributed by atoms with Crippen molar-refractivity contribution in [3.8, 4) is 22.8 Å². The number of thioether (sulfide) groups is 1. The number of ether oxygens (including phenoxy) is 2. The molecular weight excluding hydrogens is 396 g/mol. The van der Waals surface area contributed by atoms with Crippen molar-refractivity contribution < 1.29 is 14.3 Å². The second kappa shape index (κ2) is 8.16. The van der Waals surface area contributed by atoms with E-state index < -0.39 is 0 Å². The fourth-order valence-corrected chi connectivity index (χ4v) is 4.30. The molecule has 6 heteroatoms. The van der Waals surface area contributed by atoms with E-state index in [1.54, 1.807) is 18.2 Å². The van der Waals surface area contributed by atoms with Crippen LogP contribution in [0.15, 0.2) is 77.8 Å². The highest BCUT2D eigenvalue weighted by molar-refractivity contribution is 8.00. The number of carbonyl (C=O) groups excluding carboxylic acids is 1. The molecule has 1 aliphatic heterocycles. The maximum atomic E-state index is 12.8. The van der Waals surface area contributed by atoms with Crippen molar-refractivity contribution in [2.75, 3.05) is 19.0 Å². The number of ketones is 1. The fraction of sp³-hybridized carbons (Fsp3) is 0.125. The summed E-state index contributed by atoms with van der Waals surface area (Å²) in [5.41, 5.74) is 2.46. The van der Waals surface area contributed by atoms with Crippen LogP contribution in [-0.2, 0) is 0 Å². The van der Waals surface area contributed by atoms with Crippen LogP contribution in [-0.4, -0.2) is 34.9 Å². The number of rotatable bonds is 5. The lowest BCUT2D eigenvalue weighted by atomic mass is 10.1. The average Bonchev–Trinajstić information content (AvgIpc) is 2.82. The van der Waals surface area contributed by atoms with Gasteiger partial charge in [-0.3, -0.25) is 4.79 Å². The molecule has 0 fully saturated rings. The SMILES string of the molecule is O=C(CSc1nnc(-c2ccccc2)c2ccccc12)c1ccc2c(c1)OCCO2. The third-order valence-electron chi connectivity index (χ3n) is 4.90. The highest BCUT2D eigenvalue weighted by Gasteiger charge is 2.17. The molecule has 1 aliphatic rings. The molecule has 0 spiro atoms. The number of nitrogens with zero attached hydrogens (tertiary/aromatic N) is 2. The first kappa shape index (κ1) is 18.6. The average molecular weight is 414 g/mol. The summed E-state index contributed by atoms with van der Waals surface area (Å²) in [5.74, 6) is 1.58. The first-order chi connectivity index (χ1) is 14.8. The smallest absolute Gasteiger partial charge is 0.173 e. The fourth-order valence-electron chi connectivity index (χ4n) is 3.43. The molecule has 5 nitrogen and oxygen atoms in total. The monoisotopic (exact) mass is 414 g/mol.